The van der Waals surface area contributed by atoms with Crippen molar-refractivity contribution in [2.24, 2.45) is 0 Å². The molecule has 5 heteroatoms. The molecule has 4 nitrogen and oxygen atoms in total. The number of aryl methyl sites for hydroxylation is 1. The van der Waals surface area contributed by atoms with Crippen molar-refractivity contribution >= 4 is 16.8 Å². The minimum atomic E-state index is -0.383. The fourth-order valence-corrected chi connectivity index (χ4v) is 2.57. The van der Waals surface area contributed by atoms with Gasteiger partial charge in [0.05, 0.1) is 0 Å². The summed E-state index contributed by atoms with van der Waals surface area (Å²) in [5.41, 5.74) is 1.19. The normalized spacial score (nSPS) is 10.7. The van der Waals surface area contributed by atoms with Crippen molar-refractivity contribution in [1.29, 1.82) is 0 Å². The molecule has 1 N–H and O–H groups in total. The number of carbonyl (C=O) groups is 1. The van der Waals surface area contributed by atoms with E-state index < -0.39 is 0 Å². The third kappa shape index (κ3) is 4.13. The van der Waals surface area contributed by atoms with Crippen LogP contribution in [0.4, 0.5) is 4.39 Å². The summed E-state index contributed by atoms with van der Waals surface area (Å²) in [4.78, 5) is 11.7. The number of nitrogens with zero attached hydrogens (tertiary/aromatic N) is 1. The largest absolute Gasteiger partial charge is 0.484 e. The number of halogens is 1. The Morgan fingerprint density at radius 2 is 2.00 bits per heavy atom. The van der Waals surface area contributed by atoms with Crippen molar-refractivity contribution in [3.05, 3.63) is 66.6 Å². The second-order valence-corrected chi connectivity index (χ2v) is 5.52. The van der Waals surface area contributed by atoms with Crippen molar-refractivity contribution in [3.63, 3.8) is 0 Å². The van der Waals surface area contributed by atoms with Crippen molar-refractivity contribution in [2.45, 2.75) is 13.0 Å². The molecule has 1 heterocycles. The highest BCUT2D eigenvalue weighted by Gasteiger charge is 2.04. The molecule has 24 heavy (non-hydrogen) atoms. The zero-order chi connectivity index (χ0) is 16.8. The van der Waals surface area contributed by atoms with Gasteiger partial charge in [0.1, 0.15) is 11.6 Å². The quantitative estimate of drug-likeness (QED) is 0.677. The van der Waals surface area contributed by atoms with Gasteiger partial charge in [0.2, 0.25) is 0 Å². The van der Waals surface area contributed by atoms with Crippen LogP contribution in [-0.2, 0) is 11.3 Å². The van der Waals surface area contributed by atoms with E-state index >= 15 is 0 Å². The van der Waals surface area contributed by atoms with Crippen molar-refractivity contribution < 1.29 is 13.9 Å². The number of hydrogen-bond donors (Lipinski definition) is 1. The Bertz CT molecular complexity index is 829. The van der Waals surface area contributed by atoms with Crippen LogP contribution in [0.3, 0.4) is 0 Å². The summed E-state index contributed by atoms with van der Waals surface area (Å²) >= 11 is 0. The van der Waals surface area contributed by atoms with Crippen LogP contribution in [-0.4, -0.2) is 23.6 Å². The van der Waals surface area contributed by atoms with Gasteiger partial charge >= 0.3 is 0 Å². The Kier molecular flexibility index (Phi) is 5.11. The lowest BCUT2D eigenvalue weighted by Gasteiger charge is -2.08. The number of ether oxygens (including phenoxy) is 1. The summed E-state index contributed by atoms with van der Waals surface area (Å²) in [5.74, 6) is -0.243. The number of rotatable bonds is 7. The second kappa shape index (κ2) is 7.64. The maximum absolute atomic E-state index is 13.0. The molecule has 0 atom stereocenters. The Hall–Kier alpha value is -2.82. The fraction of sp³-hybridized carbons (Fsp3) is 0.211. The fourth-order valence-electron chi connectivity index (χ4n) is 2.57. The summed E-state index contributed by atoms with van der Waals surface area (Å²) < 4.78 is 20.4. The van der Waals surface area contributed by atoms with Gasteiger partial charge in [0.15, 0.2) is 6.61 Å². The van der Waals surface area contributed by atoms with Crippen LogP contribution in [0.2, 0.25) is 0 Å². The Balaban J connectivity index is 1.39. The van der Waals surface area contributed by atoms with E-state index in [1.165, 1.54) is 23.0 Å². The number of nitrogens with one attached hydrogen (secondary N) is 1. The molecule has 3 rings (SSSR count). The van der Waals surface area contributed by atoms with E-state index in [-0.39, 0.29) is 18.3 Å². The smallest absolute Gasteiger partial charge is 0.257 e. The zero-order valence-corrected chi connectivity index (χ0v) is 13.2. The molecule has 0 spiro atoms. The lowest BCUT2D eigenvalue weighted by molar-refractivity contribution is -0.123. The standard InChI is InChI=1S/C19H19FN2O2/c20-16-6-3-7-17(13-16)24-14-19(23)21-10-4-11-22-12-9-15-5-1-2-8-18(15)22/h1-3,5-9,12-13H,4,10-11,14H2,(H,21,23). The first-order chi connectivity index (χ1) is 11.7. The predicted octanol–water partition coefficient (Wildman–Crippen LogP) is 3.37. The van der Waals surface area contributed by atoms with Gasteiger partial charge in [-0.2, -0.15) is 0 Å². The summed E-state index contributed by atoms with van der Waals surface area (Å²) in [5, 5.41) is 4.02. The van der Waals surface area contributed by atoms with Crippen molar-refractivity contribution in [3.8, 4) is 5.75 Å². The zero-order valence-electron chi connectivity index (χ0n) is 13.2. The molecule has 1 aromatic heterocycles. The molecule has 0 aliphatic rings. The number of benzene rings is 2. The van der Waals surface area contributed by atoms with Crippen LogP contribution in [0, 0.1) is 5.82 Å². The third-order valence-corrected chi connectivity index (χ3v) is 3.74. The van der Waals surface area contributed by atoms with Crippen LogP contribution >= 0.6 is 0 Å². The van der Waals surface area contributed by atoms with Crippen molar-refractivity contribution in [1.82, 2.24) is 9.88 Å². The first-order valence-corrected chi connectivity index (χ1v) is 7.91. The number of fused-ring (bicyclic) bond motifs is 1. The van der Waals surface area contributed by atoms with E-state index in [0.29, 0.717) is 12.3 Å². The molecule has 0 radical (unpaired) electrons. The van der Waals surface area contributed by atoms with Gasteiger partial charge in [-0.25, -0.2) is 4.39 Å². The molecule has 0 fully saturated rings. The van der Waals surface area contributed by atoms with Gasteiger partial charge in [-0.15, -0.1) is 0 Å². The average Bonchev–Trinajstić information content (AvgIpc) is 3.00. The first kappa shape index (κ1) is 16.1. The molecule has 1 amide bonds. The second-order valence-electron chi connectivity index (χ2n) is 5.52. The van der Waals surface area contributed by atoms with Gasteiger partial charge in [0, 0.05) is 30.9 Å². The van der Waals surface area contributed by atoms with Gasteiger partial charge in [0.25, 0.3) is 5.91 Å². The number of carbonyl (C=O) groups excluding carboxylic acids is 1. The minimum Gasteiger partial charge on any atom is -0.484 e. The maximum Gasteiger partial charge on any atom is 0.257 e. The highest BCUT2D eigenvalue weighted by atomic mass is 19.1. The molecule has 0 saturated carbocycles. The van der Waals surface area contributed by atoms with E-state index in [1.54, 1.807) is 12.1 Å². The van der Waals surface area contributed by atoms with E-state index in [9.17, 15) is 9.18 Å². The van der Waals surface area contributed by atoms with Crippen LogP contribution in [0.15, 0.2) is 60.8 Å². The molecule has 0 unspecified atom stereocenters. The summed E-state index contributed by atoms with van der Waals surface area (Å²) in [6.07, 6.45) is 2.88. The Labute approximate surface area is 139 Å². The highest BCUT2D eigenvalue weighted by molar-refractivity contribution is 5.80. The van der Waals surface area contributed by atoms with E-state index in [0.717, 1.165) is 13.0 Å². The minimum absolute atomic E-state index is 0.115. The van der Waals surface area contributed by atoms with Gasteiger partial charge in [-0.05, 0) is 36.1 Å². The Morgan fingerprint density at radius 3 is 2.88 bits per heavy atom. The van der Waals surface area contributed by atoms with E-state index in [4.69, 9.17) is 4.74 Å². The summed E-state index contributed by atoms with van der Waals surface area (Å²) in [7, 11) is 0. The maximum atomic E-state index is 13.0. The number of aromatic nitrogens is 1. The molecule has 0 aliphatic heterocycles. The van der Waals surface area contributed by atoms with Gasteiger partial charge in [-0.1, -0.05) is 24.3 Å². The topological polar surface area (TPSA) is 43.3 Å². The number of para-hydroxylation sites is 1. The summed E-state index contributed by atoms with van der Waals surface area (Å²) in [6, 6.07) is 16.0. The lowest BCUT2D eigenvalue weighted by Crippen LogP contribution is -2.30. The van der Waals surface area contributed by atoms with E-state index in [1.807, 2.05) is 12.1 Å². The monoisotopic (exact) mass is 326 g/mol. The van der Waals surface area contributed by atoms with Gasteiger partial charge in [-0.3, -0.25) is 4.79 Å². The van der Waals surface area contributed by atoms with Crippen molar-refractivity contribution in [2.75, 3.05) is 13.2 Å². The molecular formula is C19H19FN2O2. The third-order valence-electron chi connectivity index (χ3n) is 3.74. The Morgan fingerprint density at radius 1 is 1.12 bits per heavy atom. The molecule has 124 valence electrons. The number of hydrogen-bond acceptors (Lipinski definition) is 2. The highest BCUT2D eigenvalue weighted by Crippen LogP contribution is 2.15. The van der Waals surface area contributed by atoms with Gasteiger partial charge < -0.3 is 14.6 Å². The SMILES string of the molecule is O=C(COc1cccc(F)c1)NCCCn1ccc2ccccc21. The van der Waals surface area contributed by atoms with Crippen LogP contribution < -0.4 is 10.1 Å². The molecule has 3 aromatic rings. The average molecular weight is 326 g/mol. The lowest BCUT2D eigenvalue weighted by atomic mass is 10.2. The summed E-state index contributed by atoms with van der Waals surface area (Å²) in [6.45, 7) is 1.28. The molecular weight excluding hydrogens is 307 g/mol. The first-order valence-electron chi connectivity index (χ1n) is 7.91. The van der Waals surface area contributed by atoms with Crippen LogP contribution in [0.25, 0.3) is 10.9 Å². The molecule has 0 saturated heterocycles. The number of amides is 1. The predicted molar refractivity (Wildman–Crippen MR) is 91.5 cm³/mol. The molecule has 2 aromatic carbocycles. The molecule has 0 bridgehead atoms. The van der Waals surface area contributed by atoms with Crippen LogP contribution in [0.1, 0.15) is 6.42 Å². The van der Waals surface area contributed by atoms with E-state index in [2.05, 4.69) is 34.3 Å². The molecule has 0 aliphatic carbocycles. The van der Waals surface area contributed by atoms with Crippen LogP contribution in [0.5, 0.6) is 5.75 Å².